The predicted octanol–water partition coefficient (Wildman–Crippen LogP) is 3.67. The second-order valence-corrected chi connectivity index (χ2v) is 5.96. The summed E-state index contributed by atoms with van der Waals surface area (Å²) in [5.74, 6) is 0.689. The molecular formula is C20H23N3O2. The molecule has 5 nitrogen and oxygen atoms in total. The Hall–Kier alpha value is -2.79. The first kappa shape index (κ1) is 17.0. The molecule has 0 aliphatic rings. The maximum atomic E-state index is 6.14. The van der Waals surface area contributed by atoms with Gasteiger partial charge in [0.2, 0.25) is 0 Å². The summed E-state index contributed by atoms with van der Waals surface area (Å²) in [5, 5.41) is 4.38. The van der Waals surface area contributed by atoms with Gasteiger partial charge in [-0.2, -0.15) is 5.10 Å². The quantitative estimate of drug-likeness (QED) is 0.668. The molecule has 3 rings (SSSR count). The Balaban J connectivity index is 1.81. The zero-order chi connectivity index (χ0) is 17.6. The maximum Gasteiger partial charge on any atom is 0.143 e. The van der Waals surface area contributed by atoms with Gasteiger partial charge in [0.05, 0.1) is 25.0 Å². The van der Waals surface area contributed by atoms with E-state index in [1.807, 2.05) is 66.5 Å². The van der Waals surface area contributed by atoms with Gasteiger partial charge in [-0.25, -0.2) is 0 Å². The Morgan fingerprint density at radius 2 is 1.96 bits per heavy atom. The number of anilines is 1. The zero-order valence-electron chi connectivity index (χ0n) is 14.6. The zero-order valence-corrected chi connectivity index (χ0v) is 14.6. The van der Waals surface area contributed by atoms with Gasteiger partial charge in [0.1, 0.15) is 12.4 Å². The Bertz CT molecular complexity index is 828. The van der Waals surface area contributed by atoms with E-state index < -0.39 is 0 Å². The number of rotatable bonds is 7. The van der Waals surface area contributed by atoms with Gasteiger partial charge in [-0.05, 0) is 35.7 Å². The molecule has 0 bridgehead atoms. The van der Waals surface area contributed by atoms with E-state index >= 15 is 0 Å². The summed E-state index contributed by atoms with van der Waals surface area (Å²) in [4.78, 5) is 0. The minimum Gasteiger partial charge on any atom is -0.487 e. The van der Waals surface area contributed by atoms with Crippen molar-refractivity contribution in [1.82, 2.24) is 9.78 Å². The molecule has 0 atom stereocenters. The van der Waals surface area contributed by atoms with Crippen molar-refractivity contribution in [2.75, 3.05) is 19.5 Å². The van der Waals surface area contributed by atoms with Crippen molar-refractivity contribution in [1.29, 1.82) is 0 Å². The van der Waals surface area contributed by atoms with Gasteiger partial charge >= 0.3 is 0 Å². The van der Waals surface area contributed by atoms with Crippen LogP contribution in [0.4, 0.5) is 5.69 Å². The number of aromatic nitrogens is 2. The van der Waals surface area contributed by atoms with Gasteiger partial charge in [0.25, 0.3) is 0 Å². The molecule has 1 aromatic heterocycles. The van der Waals surface area contributed by atoms with Crippen molar-refractivity contribution in [2.24, 2.45) is 0 Å². The van der Waals surface area contributed by atoms with Gasteiger partial charge < -0.3 is 15.2 Å². The summed E-state index contributed by atoms with van der Waals surface area (Å²) in [6.07, 6.45) is 3.87. The fraction of sp³-hybridized carbons (Fsp3) is 0.250. The maximum absolute atomic E-state index is 6.14. The number of aryl methyl sites for hydroxylation is 1. The van der Waals surface area contributed by atoms with E-state index in [1.54, 1.807) is 7.11 Å². The van der Waals surface area contributed by atoms with Crippen molar-refractivity contribution in [3.63, 3.8) is 0 Å². The monoisotopic (exact) mass is 337 g/mol. The van der Waals surface area contributed by atoms with Crippen LogP contribution in [0.1, 0.15) is 11.1 Å². The van der Waals surface area contributed by atoms with Crippen molar-refractivity contribution in [3.05, 3.63) is 66.0 Å². The van der Waals surface area contributed by atoms with Gasteiger partial charge in [-0.1, -0.05) is 30.3 Å². The lowest BCUT2D eigenvalue weighted by molar-refractivity contribution is 0.183. The van der Waals surface area contributed by atoms with E-state index in [1.165, 1.54) is 0 Å². The lowest BCUT2D eigenvalue weighted by Crippen LogP contribution is -2.03. The Morgan fingerprint density at radius 3 is 2.72 bits per heavy atom. The standard InChI is InChI=1S/C20H23N3O2/c1-15-10-19(21)20(25-14-16-6-4-3-5-7-16)11-18(15)17-12-22-23(13-17)8-9-24-2/h3-7,10-13H,8-9,14,21H2,1-2H3. The number of benzene rings is 2. The van der Waals surface area contributed by atoms with Crippen LogP contribution in [0.2, 0.25) is 0 Å². The SMILES string of the molecule is COCCn1cc(-c2cc(OCc3ccccc3)c(N)cc2C)cn1. The molecule has 2 N–H and O–H groups in total. The number of methoxy groups -OCH3 is 1. The van der Waals surface area contributed by atoms with E-state index in [4.69, 9.17) is 15.2 Å². The fourth-order valence-electron chi connectivity index (χ4n) is 2.69. The molecule has 25 heavy (non-hydrogen) atoms. The van der Waals surface area contributed by atoms with Crippen LogP contribution in [0.5, 0.6) is 5.75 Å². The van der Waals surface area contributed by atoms with E-state index in [9.17, 15) is 0 Å². The highest BCUT2D eigenvalue weighted by Gasteiger charge is 2.10. The van der Waals surface area contributed by atoms with E-state index in [2.05, 4.69) is 5.10 Å². The second kappa shape index (κ2) is 7.85. The van der Waals surface area contributed by atoms with Crippen LogP contribution in [0, 0.1) is 6.92 Å². The average molecular weight is 337 g/mol. The number of ether oxygens (including phenoxy) is 2. The first-order valence-corrected chi connectivity index (χ1v) is 8.26. The van der Waals surface area contributed by atoms with Gasteiger partial charge in [0, 0.05) is 18.9 Å². The normalized spacial score (nSPS) is 10.8. The van der Waals surface area contributed by atoms with Crippen LogP contribution < -0.4 is 10.5 Å². The molecule has 3 aromatic rings. The molecule has 5 heteroatoms. The number of nitrogens with zero attached hydrogens (tertiary/aromatic N) is 2. The van der Waals surface area contributed by atoms with Crippen LogP contribution in [-0.4, -0.2) is 23.5 Å². The second-order valence-electron chi connectivity index (χ2n) is 5.96. The van der Waals surface area contributed by atoms with Gasteiger partial charge in [-0.3, -0.25) is 4.68 Å². The Labute approximate surface area is 148 Å². The van der Waals surface area contributed by atoms with E-state index in [-0.39, 0.29) is 0 Å². The first-order valence-electron chi connectivity index (χ1n) is 8.26. The lowest BCUT2D eigenvalue weighted by atomic mass is 10.0. The highest BCUT2D eigenvalue weighted by molar-refractivity contribution is 5.72. The van der Waals surface area contributed by atoms with E-state index in [0.29, 0.717) is 24.7 Å². The summed E-state index contributed by atoms with van der Waals surface area (Å²) < 4.78 is 12.9. The van der Waals surface area contributed by atoms with Crippen LogP contribution >= 0.6 is 0 Å². The molecule has 0 saturated heterocycles. The molecule has 0 fully saturated rings. The van der Waals surface area contributed by atoms with Crippen LogP contribution in [0.3, 0.4) is 0 Å². The number of hydrogen-bond acceptors (Lipinski definition) is 4. The Morgan fingerprint density at radius 1 is 1.16 bits per heavy atom. The third-order valence-electron chi connectivity index (χ3n) is 4.06. The third kappa shape index (κ3) is 4.19. The minimum atomic E-state index is 0.487. The topological polar surface area (TPSA) is 62.3 Å². The summed E-state index contributed by atoms with van der Waals surface area (Å²) in [6, 6.07) is 14.0. The molecular weight excluding hydrogens is 314 g/mol. The summed E-state index contributed by atoms with van der Waals surface area (Å²) >= 11 is 0. The van der Waals surface area contributed by atoms with Gasteiger partial charge in [0.15, 0.2) is 0 Å². The molecule has 0 aliphatic heterocycles. The van der Waals surface area contributed by atoms with Crippen LogP contribution in [-0.2, 0) is 17.9 Å². The van der Waals surface area contributed by atoms with Crippen LogP contribution in [0.15, 0.2) is 54.9 Å². The van der Waals surface area contributed by atoms with Gasteiger partial charge in [-0.15, -0.1) is 0 Å². The molecule has 130 valence electrons. The minimum absolute atomic E-state index is 0.487. The molecule has 0 unspecified atom stereocenters. The Kier molecular flexibility index (Phi) is 5.36. The van der Waals surface area contributed by atoms with Crippen molar-refractivity contribution in [3.8, 4) is 16.9 Å². The van der Waals surface area contributed by atoms with Crippen LogP contribution in [0.25, 0.3) is 11.1 Å². The molecule has 0 aliphatic carbocycles. The predicted molar refractivity (Wildman–Crippen MR) is 99.5 cm³/mol. The third-order valence-corrected chi connectivity index (χ3v) is 4.06. The smallest absolute Gasteiger partial charge is 0.143 e. The molecule has 0 spiro atoms. The largest absolute Gasteiger partial charge is 0.487 e. The molecule has 2 aromatic carbocycles. The molecule has 1 heterocycles. The van der Waals surface area contributed by atoms with Crippen molar-refractivity contribution in [2.45, 2.75) is 20.1 Å². The summed E-state index contributed by atoms with van der Waals surface area (Å²) in [6.45, 7) is 3.88. The summed E-state index contributed by atoms with van der Waals surface area (Å²) in [5.41, 5.74) is 11.1. The van der Waals surface area contributed by atoms with E-state index in [0.717, 1.165) is 28.8 Å². The fourth-order valence-corrected chi connectivity index (χ4v) is 2.69. The molecule has 0 radical (unpaired) electrons. The lowest BCUT2D eigenvalue weighted by Gasteiger charge is -2.13. The highest BCUT2D eigenvalue weighted by Crippen LogP contribution is 2.32. The summed E-state index contributed by atoms with van der Waals surface area (Å²) in [7, 11) is 1.69. The molecule has 0 saturated carbocycles. The molecule has 0 amide bonds. The number of nitrogens with two attached hydrogens (primary N) is 1. The first-order chi connectivity index (χ1) is 12.2. The number of hydrogen-bond donors (Lipinski definition) is 1. The van der Waals surface area contributed by atoms with Crippen molar-refractivity contribution < 1.29 is 9.47 Å². The van der Waals surface area contributed by atoms with Crippen molar-refractivity contribution >= 4 is 5.69 Å². The highest BCUT2D eigenvalue weighted by atomic mass is 16.5. The number of nitrogen functional groups attached to an aromatic ring is 1. The average Bonchev–Trinajstić information content (AvgIpc) is 3.09.